The van der Waals surface area contributed by atoms with E-state index in [4.69, 9.17) is 16.3 Å². The van der Waals surface area contributed by atoms with Gasteiger partial charge in [-0.05, 0) is 13.1 Å². The number of ether oxygens (including phenoxy) is 1. The van der Waals surface area contributed by atoms with Crippen molar-refractivity contribution in [1.29, 1.82) is 0 Å². The van der Waals surface area contributed by atoms with Crippen LogP contribution >= 0.6 is 11.6 Å². The fourth-order valence-corrected chi connectivity index (χ4v) is 2.04. The lowest BCUT2D eigenvalue weighted by Gasteiger charge is -2.03. The molecular formula is C13H17ClFN5O. The Bertz CT molecular complexity index is 604. The van der Waals surface area contributed by atoms with Crippen molar-refractivity contribution in [3.63, 3.8) is 0 Å². The fourth-order valence-electron chi connectivity index (χ4n) is 1.88. The number of nitrogens with one attached hydrogen (secondary N) is 1. The van der Waals surface area contributed by atoms with Gasteiger partial charge in [-0.2, -0.15) is 15.0 Å². The lowest BCUT2D eigenvalue weighted by atomic mass is 10.1. The highest BCUT2D eigenvalue weighted by Crippen LogP contribution is 2.26. The Morgan fingerprint density at radius 3 is 2.95 bits per heavy atom. The van der Waals surface area contributed by atoms with Gasteiger partial charge in [-0.25, -0.2) is 9.37 Å². The highest BCUT2D eigenvalue weighted by atomic mass is 35.5. The molecule has 0 aromatic carbocycles. The number of methoxy groups -OCH3 is 1. The van der Waals surface area contributed by atoms with Crippen LogP contribution < -0.4 is 5.32 Å². The first-order valence-corrected chi connectivity index (χ1v) is 6.93. The van der Waals surface area contributed by atoms with Crippen molar-refractivity contribution in [2.75, 3.05) is 27.3 Å². The molecule has 114 valence electrons. The van der Waals surface area contributed by atoms with E-state index < -0.39 is 5.82 Å². The molecule has 0 radical (unpaired) electrons. The maximum absolute atomic E-state index is 14.1. The Hall–Kier alpha value is -1.57. The minimum atomic E-state index is -0.580. The molecular weight excluding hydrogens is 297 g/mol. The van der Waals surface area contributed by atoms with Gasteiger partial charge in [0.25, 0.3) is 0 Å². The maximum Gasteiger partial charge on any atom is 0.169 e. The number of hydrogen-bond donors (Lipinski definition) is 1. The number of hydrogen-bond acceptors (Lipinski definition) is 5. The summed E-state index contributed by atoms with van der Waals surface area (Å²) in [5, 5.41) is 11.6. The van der Waals surface area contributed by atoms with Gasteiger partial charge in [-0.15, -0.1) is 0 Å². The second kappa shape index (κ2) is 7.44. The van der Waals surface area contributed by atoms with Crippen LogP contribution in [0, 0.1) is 5.82 Å². The third kappa shape index (κ3) is 3.75. The molecule has 2 aromatic heterocycles. The third-order valence-corrected chi connectivity index (χ3v) is 3.20. The second-order valence-electron chi connectivity index (χ2n) is 4.40. The summed E-state index contributed by atoms with van der Waals surface area (Å²) in [4.78, 5) is 5.23. The largest absolute Gasteiger partial charge is 0.383 e. The predicted octanol–water partition coefficient (Wildman–Crippen LogP) is 1.54. The molecule has 0 aliphatic heterocycles. The maximum atomic E-state index is 14.1. The smallest absolute Gasteiger partial charge is 0.169 e. The molecule has 0 atom stereocenters. The summed E-state index contributed by atoms with van der Waals surface area (Å²) >= 11 is 5.74. The zero-order chi connectivity index (χ0) is 15.2. The molecule has 2 rings (SSSR count). The molecule has 0 saturated heterocycles. The number of aromatic nitrogens is 4. The minimum Gasteiger partial charge on any atom is -0.383 e. The third-order valence-electron chi connectivity index (χ3n) is 2.93. The van der Waals surface area contributed by atoms with Crippen LogP contribution in [-0.4, -0.2) is 47.3 Å². The van der Waals surface area contributed by atoms with Crippen LogP contribution in [0.4, 0.5) is 4.39 Å². The molecule has 2 aromatic rings. The zero-order valence-electron chi connectivity index (χ0n) is 11.9. The highest BCUT2D eigenvalue weighted by molar-refractivity contribution is 6.29. The highest BCUT2D eigenvalue weighted by Gasteiger charge is 2.18. The summed E-state index contributed by atoms with van der Waals surface area (Å²) in [6.45, 7) is 1.71. The van der Waals surface area contributed by atoms with Crippen LogP contribution in [0.25, 0.3) is 11.3 Å². The van der Waals surface area contributed by atoms with Gasteiger partial charge in [0.05, 0.1) is 18.8 Å². The Balaban J connectivity index is 2.39. The van der Waals surface area contributed by atoms with Gasteiger partial charge in [0.15, 0.2) is 11.0 Å². The van der Waals surface area contributed by atoms with Gasteiger partial charge in [0.1, 0.15) is 5.69 Å². The second-order valence-corrected chi connectivity index (χ2v) is 4.76. The van der Waals surface area contributed by atoms with Crippen LogP contribution in [0.15, 0.2) is 12.3 Å². The van der Waals surface area contributed by atoms with E-state index in [0.717, 1.165) is 6.54 Å². The Labute approximate surface area is 127 Å². The minimum absolute atomic E-state index is 0.168. The first-order chi connectivity index (χ1) is 10.2. The van der Waals surface area contributed by atoms with E-state index in [1.54, 1.807) is 13.2 Å². The summed E-state index contributed by atoms with van der Waals surface area (Å²) in [7, 11) is 3.45. The Morgan fingerprint density at radius 1 is 1.43 bits per heavy atom. The van der Waals surface area contributed by atoms with E-state index in [9.17, 15) is 4.39 Å². The van der Waals surface area contributed by atoms with Crippen LogP contribution in [0.3, 0.4) is 0 Å². The average molecular weight is 314 g/mol. The van der Waals surface area contributed by atoms with Crippen molar-refractivity contribution in [3.05, 3.63) is 28.9 Å². The lowest BCUT2D eigenvalue weighted by molar-refractivity contribution is 0.178. The molecule has 0 amide bonds. The van der Waals surface area contributed by atoms with E-state index in [2.05, 4.69) is 20.5 Å². The number of rotatable bonds is 7. The van der Waals surface area contributed by atoms with Crippen molar-refractivity contribution in [3.8, 4) is 11.3 Å². The standard InChI is InChI=1S/C13H17ClFN5O/c1-16-5-4-10-12(19-20(18-10)7-8-21-2)9-3-6-17-13(14)11(9)15/h3,6,16H,4-5,7-8H2,1-2H3. The average Bonchev–Trinajstić information content (AvgIpc) is 2.88. The van der Waals surface area contributed by atoms with Gasteiger partial charge in [0, 0.05) is 31.8 Å². The number of likely N-dealkylation sites (N-methyl/N-ethyl adjacent to an activating group) is 1. The Morgan fingerprint density at radius 2 is 2.24 bits per heavy atom. The van der Waals surface area contributed by atoms with E-state index in [1.165, 1.54) is 11.0 Å². The van der Waals surface area contributed by atoms with Crippen molar-refractivity contribution in [2.45, 2.75) is 13.0 Å². The topological polar surface area (TPSA) is 64.9 Å². The van der Waals surface area contributed by atoms with E-state index in [1.807, 2.05) is 7.05 Å². The number of nitrogens with zero attached hydrogens (tertiary/aromatic N) is 4. The van der Waals surface area contributed by atoms with Crippen LogP contribution in [-0.2, 0) is 17.7 Å². The SMILES string of the molecule is CNCCc1nn(CCOC)nc1-c1ccnc(Cl)c1F. The molecule has 1 N–H and O–H groups in total. The van der Waals surface area contributed by atoms with E-state index in [-0.39, 0.29) is 5.15 Å². The first-order valence-electron chi connectivity index (χ1n) is 6.55. The van der Waals surface area contributed by atoms with Gasteiger partial charge in [0.2, 0.25) is 0 Å². The molecule has 0 aliphatic rings. The van der Waals surface area contributed by atoms with Crippen molar-refractivity contribution in [2.24, 2.45) is 0 Å². The molecule has 6 nitrogen and oxygen atoms in total. The molecule has 0 spiro atoms. The molecule has 21 heavy (non-hydrogen) atoms. The summed E-state index contributed by atoms with van der Waals surface area (Å²) in [6.07, 6.45) is 2.09. The quantitative estimate of drug-likeness (QED) is 0.786. The number of halogens is 2. The summed E-state index contributed by atoms with van der Waals surface area (Å²) < 4.78 is 19.1. The molecule has 0 saturated carbocycles. The van der Waals surface area contributed by atoms with Crippen LogP contribution in [0.5, 0.6) is 0 Å². The van der Waals surface area contributed by atoms with Crippen molar-refractivity contribution < 1.29 is 9.13 Å². The van der Waals surface area contributed by atoms with Gasteiger partial charge in [-0.3, -0.25) is 0 Å². The zero-order valence-corrected chi connectivity index (χ0v) is 12.7. The fraction of sp³-hybridized carbons (Fsp3) is 0.462. The lowest BCUT2D eigenvalue weighted by Crippen LogP contribution is -2.12. The Kier molecular flexibility index (Phi) is 5.60. The van der Waals surface area contributed by atoms with Crippen molar-refractivity contribution >= 4 is 11.6 Å². The molecule has 2 heterocycles. The van der Waals surface area contributed by atoms with Gasteiger partial charge >= 0.3 is 0 Å². The molecule has 0 unspecified atom stereocenters. The predicted molar refractivity (Wildman–Crippen MR) is 77.7 cm³/mol. The van der Waals surface area contributed by atoms with Gasteiger partial charge < -0.3 is 10.1 Å². The summed E-state index contributed by atoms with van der Waals surface area (Å²) in [5.41, 5.74) is 1.51. The molecule has 0 bridgehead atoms. The monoisotopic (exact) mass is 313 g/mol. The first kappa shape index (κ1) is 15.8. The van der Waals surface area contributed by atoms with Crippen LogP contribution in [0.1, 0.15) is 5.69 Å². The molecule has 0 aliphatic carbocycles. The normalized spacial score (nSPS) is 11.0. The summed E-state index contributed by atoms with van der Waals surface area (Å²) in [5.74, 6) is -0.580. The van der Waals surface area contributed by atoms with Crippen LogP contribution in [0.2, 0.25) is 5.15 Å². The van der Waals surface area contributed by atoms with Crippen molar-refractivity contribution in [1.82, 2.24) is 25.3 Å². The molecule has 8 heteroatoms. The van der Waals surface area contributed by atoms with E-state index in [0.29, 0.717) is 36.5 Å². The molecule has 0 fully saturated rings. The summed E-state index contributed by atoms with van der Waals surface area (Å²) in [6, 6.07) is 1.55. The van der Waals surface area contributed by atoms with E-state index >= 15 is 0 Å². The number of pyridine rings is 1. The van der Waals surface area contributed by atoms with Gasteiger partial charge in [-0.1, -0.05) is 11.6 Å².